The second kappa shape index (κ2) is 11.6. The number of nitrogens with one attached hydrogen (secondary N) is 1. The average molecular weight is 575 g/mol. The molecule has 42 heavy (non-hydrogen) atoms. The molecule has 0 amide bonds. The summed E-state index contributed by atoms with van der Waals surface area (Å²) in [7, 11) is 1.87. The van der Waals surface area contributed by atoms with Gasteiger partial charge in [-0.05, 0) is 49.6 Å². The highest BCUT2D eigenvalue weighted by atomic mass is 19.1. The molecule has 0 bridgehead atoms. The number of piperidine rings is 1. The minimum atomic E-state index is -0.425. The smallest absolute Gasteiger partial charge is 0.261 e. The fourth-order valence-corrected chi connectivity index (χ4v) is 5.69. The Hall–Kier alpha value is -4.13. The summed E-state index contributed by atoms with van der Waals surface area (Å²) < 4.78 is 22.3. The Balaban J connectivity index is 1.17. The zero-order valence-corrected chi connectivity index (χ0v) is 23.7. The van der Waals surface area contributed by atoms with Crippen LogP contribution in [0.1, 0.15) is 30.1 Å². The first-order valence-electron chi connectivity index (χ1n) is 14.2. The van der Waals surface area contributed by atoms with Crippen LogP contribution in [0.2, 0.25) is 0 Å². The molecule has 12 heteroatoms. The van der Waals surface area contributed by atoms with Crippen LogP contribution in [0, 0.1) is 5.82 Å². The number of epoxide rings is 1. The van der Waals surface area contributed by atoms with Crippen molar-refractivity contribution in [2.24, 2.45) is 5.73 Å². The fraction of sp³-hybridized carbons (Fsp3) is 0.400. The number of halogens is 1. The minimum Gasteiger partial charge on any atom is -0.352 e. The monoisotopic (exact) mass is 574 g/mol. The SMILES string of the molecule is CC(N)C1OC1NCC(=O)n1c(N(C)C2CCN(c3nc4ccccc4n3Cc3ccc(F)cc3)CC2)nccc1=O. The predicted molar refractivity (Wildman–Crippen MR) is 158 cm³/mol. The summed E-state index contributed by atoms with van der Waals surface area (Å²) in [4.78, 5) is 39.5. The van der Waals surface area contributed by atoms with Gasteiger partial charge in [-0.15, -0.1) is 0 Å². The summed E-state index contributed by atoms with van der Waals surface area (Å²) in [5.41, 5.74) is 8.34. The van der Waals surface area contributed by atoms with Gasteiger partial charge in [0.25, 0.3) is 5.56 Å². The maximum Gasteiger partial charge on any atom is 0.261 e. The molecule has 2 aromatic carbocycles. The lowest BCUT2D eigenvalue weighted by atomic mass is 10.0. The summed E-state index contributed by atoms with van der Waals surface area (Å²) >= 11 is 0. The fourth-order valence-electron chi connectivity index (χ4n) is 5.69. The number of benzene rings is 2. The first-order chi connectivity index (χ1) is 20.3. The normalized spacial score (nSPS) is 19.7. The number of imidazole rings is 1. The number of hydrogen-bond donors (Lipinski definition) is 2. The number of fused-ring (bicyclic) bond motifs is 1. The molecule has 0 radical (unpaired) electrons. The van der Waals surface area contributed by atoms with Gasteiger partial charge in [0.1, 0.15) is 18.1 Å². The number of aromatic nitrogens is 4. The minimum absolute atomic E-state index is 0.0618. The van der Waals surface area contributed by atoms with Crippen molar-refractivity contribution in [2.75, 3.05) is 36.5 Å². The molecule has 3 atom stereocenters. The molecule has 2 aliphatic rings. The third-order valence-electron chi connectivity index (χ3n) is 8.07. The van der Waals surface area contributed by atoms with Gasteiger partial charge in [0.15, 0.2) is 0 Å². The molecule has 3 unspecified atom stereocenters. The zero-order chi connectivity index (χ0) is 29.4. The summed E-state index contributed by atoms with van der Waals surface area (Å²) in [6, 6.07) is 15.8. The van der Waals surface area contributed by atoms with Crippen LogP contribution < -0.4 is 26.4 Å². The lowest BCUT2D eigenvalue weighted by molar-refractivity contribution is 0.0903. The van der Waals surface area contributed by atoms with Crippen molar-refractivity contribution in [3.05, 3.63) is 82.5 Å². The van der Waals surface area contributed by atoms with Gasteiger partial charge in [-0.2, -0.15) is 0 Å². The van der Waals surface area contributed by atoms with E-state index in [1.165, 1.54) is 24.4 Å². The Morgan fingerprint density at radius 2 is 1.90 bits per heavy atom. The number of ether oxygens (including phenoxy) is 1. The molecular weight excluding hydrogens is 539 g/mol. The molecule has 4 aromatic rings. The Morgan fingerprint density at radius 1 is 1.17 bits per heavy atom. The van der Waals surface area contributed by atoms with Crippen LogP contribution in [0.25, 0.3) is 11.0 Å². The molecule has 0 spiro atoms. The Bertz CT molecular complexity index is 1630. The summed E-state index contributed by atoms with van der Waals surface area (Å²) in [6.07, 6.45) is 2.56. The lowest BCUT2D eigenvalue weighted by Gasteiger charge is -2.38. The highest BCUT2D eigenvalue weighted by Crippen LogP contribution is 2.28. The summed E-state index contributed by atoms with van der Waals surface area (Å²) in [5, 5.41) is 3.03. The second-order valence-corrected chi connectivity index (χ2v) is 11.0. The van der Waals surface area contributed by atoms with E-state index in [2.05, 4.69) is 19.8 Å². The van der Waals surface area contributed by atoms with E-state index in [1.54, 1.807) is 12.1 Å². The third kappa shape index (κ3) is 5.65. The number of para-hydroxylation sites is 2. The van der Waals surface area contributed by atoms with E-state index in [-0.39, 0.29) is 36.8 Å². The van der Waals surface area contributed by atoms with Crippen molar-refractivity contribution in [2.45, 2.75) is 50.7 Å². The van der Waals surface area contributed by atoms with Crippen molar-refractivity contribution >= 4 is 28.8 Å². The average Bonchev–Trinajstić information content (AvgIpc) is 3.70. The van der Waals surface area contributed by atoms with Crippen molar-refractivity contribution in [1.82, 2.24) is 24.4 Å². The Kier molecular flexibility index (Phi) is 7.76. The van der Waals surface area contributed by atoms with Crippen LogP contribution in [0.4, 0.5) is 16.3 Å². The van der Waals surface area contributed by atoms with E-state index in [1.807, 2.05) is 43.1 Å². The molecule has 3 N–H and O–H groups in total. The molecular formula is C30H35FN8O3. The van der Waals surface area contributed by atoms with E-state index in [0.717, 1.165) is 53.0 Å². The lowest BCUT2D eigenvalue weighted by Crippen LogP contribution is -2.47. The molecule has 0 aliphatic carbocycles. The van der Waals surface area contributed by atoms with Gasteiger partial charge in [-0.25, -0.2) is 18.9 Å². The molecule has 2 aliphatic heterocycles. The van der Waals surface area contributed by atoms with Gasteiger partial charge in [0.05, 0.1) is 24.1 Å². The third-order valence-corrected chi connectivity index (χ3v) is 8.07. The van der Waals surface area contributed by atoms with Gasteiger partial charge in [0, 0.05) is 44.5 Å². The molecule has 220 valence electrons. The number of carbonyl (C=O) groups is 1. The highest BCUT2D eigenvalue weighted by Gasteiger charge is 2.41. The number of nitrogens with zero attached hydrogens (tertiary/aromatic N) is 6. The van der Waals surface area contributed by atoms with Crippen LogP contribution in [0.5, 0.6) is 0 Å². The molecule has 6 rings (SSSR count). The van der Waals surface area contributed by atoms with E-state index in [9.17, 15) is 14.0 Å². The number of nitrogens with two attached hydrogens (primary N) is 1. The maximum atomic E-state index is 13.5. The zero-order valence-electron chi connectivity index (χ0n) is 23.7. The Labute approximate surface area is 242 Å². The quantitative estimate of drug-likeness (QED) is 0.289. The van der Waals surface area contributed by atoms with Crippen LogP contribution >= 0.6 is 0 Å². The maximum absolute atomic E-state index is 13.5. The first-order valence-corrected chi connectivity index (χ1v) is 14.2. The van der Waals surface area contributed by atoms with Crippen LogP contribution in [-0.4, -0.2) is 76.1 Å². The largest absolute Gasteiger partial charge is 0.352 e. The molecule has 11 nitrogen and oxygen atoms in total. The van der Waals surface area contributed by atoms with Crippen LogP contribution in [0.15, 0.2) is 65.6 Å². The van der Waals surface area contributed by atoms with Crippen molar-refractivity contribution in [1.29, 1.82) is 0 Å². The highest BCUT2D eigenvalue weighted by molar-refractivity contribution is 5.83. The molecule has 2 aromatic heterocycles. The number of carbonyl (C=O) groups excluding carboxylic acids is 1. The molecule has 4 heterocycles. The summed E-state index contributed by atoms with van der Waals surface area (Å²) in [5.74, 6) is 0.520. The van der Waals surface area contributed by atoms with E-state index in [0.29, 0.717) is 12.5 Å². The van der Waals surface area contributed by atoms with Gasteiger partial charge in [0.2, 0.25) is 17.8 Å². The molecule has 2 saturated heterocycles. The van der Waals surface area contributed by atoms with Crippen molar-refractivity contribution < 1.29 is 13.9 Å². The predicted octanol–water partition coefficient (Wildman–Crippen LogP) is 2.19. The second-order valence-electron chi connectivity index (χ2n) is 11.0. The van der Waals surface area contributed by atoms with E-state index < -0.39 is 11.5 Å². The van der Waals surface area contributed by atoms with Crippen molar-refractivity contribution in [3.63, 3.8) is 0 Å². The Morgan fingerprint density at radius 3 is 2.62 bits per heavy atom. The van der Waals surface area contributed by atoms with E-state index in [4.69, 9.17) is 15.5 Å². The van der Waals surface area contributed by atoms with E-state index >= 15 is 0 Å². The van der Waals surface area contributed by atoms with Crippen LogP contribution in [-0.2, 0) is 11.3 Å². The standard InChI is InChI=1S/C30H35FN8O3/c1-19(32)27-28(42-27)34-17-26(41)39-25(40)11-14-33-29(39)36(2)22-12-15-37(16-13-22)30-35-23-5-3-4-6-24(23)38(30)18-20-7-9-21(31)10-8-20/h3-11,14,19,22,27-28,34H,12-13,15-18,32H2,1-2H3. The van der Waals surface area contributed by atoms with Gasteiger partial charge >= 0.3 is 0 Å². The van der Waals surface area contributed by atoms with Crippen molar-refractivity contribution in [3.8, 4) is 0 Å². The van der Waals surface area contributed by atoms with Gasteiger partial charge in [-0.3, -0.25) is 14.9 Å². The van der Waals surface area contributed by atoms with Gasteiger partial charge in [-0.1, -0.05) is 24.3 Å². The number of anilines is 2. The number of hydrogen-bond acceptors (Lipinski definition) is 9. The molecule has 2 fully saturated rings. The molecule has 0 saturated carbocycles. The van der Waals surface area contributed by atoms with Crippen LogP contribution in [0.3, 0.4) is 0 Å². The van der Waals surface area contributed by atoms with Gasteiger partial charge < -0.3 is 24.8 Å². The first kappa shape index (κ1) is 28.0. The number of rotatable bonds is 9. The topological polar surface area (TPSA) is 127 Å². The summed E-state index contributed by atoms with van der Waals surface area (Å²) in [6.45, 7) is 3.81.